The molecular weight excluding hydrogens is 287 g/mol. The summed E-state index contributed by atoms with van der Waals surface area (Å²) in [6, 6.07) is 4.56. The fourth-order valence-corrected chi connectivity index (χ4v) is 1.40. The zero-order valence-corrected chi connectivity index (χ0v) is 12.1. The molecule has 0 bridgehead atoms. The smallest absolute Gasteiger partial charge is 0.416 e. The van der Waals surface area contributed by atoms with Crippen LogP contribution in [0.4, 0.5) is 18.0 Å². The van der Waals surface area contributed by atoms with Gasteiger partial charge in [0.2, 0.25) is 0 Å². The highest BCUT2D eigenvalue weighted by atomic mass is 19.4. The molecule has 0 aliphatic rings. The number of alkyl halides is 3. The van der Waals surface area contributed by atoms with Gasteiger partial charge in [-0.2, -0.15) is 13.2 Å². The van der Waals surface area contributed by atoms with E-state index in [1.54, 1.807) is 20.8 Å². The van der Waals surface area contributed by atoms with Crippen LogP contribution in [0.1, 0.15) is 26.3 Å². The van der Waals surface area contributed by atoms with Gasteiger partial charge in [0, 0.05) is 0 Å². The first kappa shape index (κ1) is 17.1. The predicted molar refractivity (Wildman–Crippen MR) is 71.2 cm³/mol. The summed E-state index contributed by atoms with van der Waals surface area (Å²) in [6.07, 6.45) is -5.01. The monoisotopic (exact) mass is 305 g/mol. The van der Waals surface area contributed by atoms with E-state index in [0.717, 1.165) is 12.1 Å². The van der Waals surface area contributed by atoms with Crippen molar-refractivity contribution in [3.8, 4) is 5.75 Å². The first-order chi connectivity index (χ1) is 9.58. The molecule has 0 atom stereocenters. The molecule has 0 radical (unpaired) electrons. The van der Waals surface area contributed by atoms with Gasteiger partial charge in [-0.05, 0) is 39.0 Å². The van der Waals surface area contributed by atoms with E-state index < -0.39 is 23.4 Å². The van der Waals surface area contributed by atoms with E-state index in [2.05, 4.69) is 5.32 Å². The fraction of sp³-hybridized carbons (Fsp3) is 0.500. The van der Waals surface area contributed by atoms with Gasteiger partial charge >= 0.3 is 12.3 Å². The van der Waals surface area contributed by atoms with Gasteiger partial charge in [-0.3, -0.25) is 0 Å². The van der Waals surface area contributed by atoms with Gasteiger partial charge in [0.25, 0.3) is 0 Å². The highest BCUT2D eigenvalue weighted by molar-refractivity contribution is 5.67. The third kappa shape index (κ3) is 6.87. The predicted octanol–water partition coefficient (Wildman–Crippen LogP) is 3.61. The van der Waals surface area contributed by atoms with Crippen LogP contribution >= 0.6 is 0 Å². The van der Waals surface area contributed by atoms with Crippen LogP contribution in [0.15, 0.2) is 24.3 Å². The summed E-state index contributed by atoms with van der Waals surface area (Å²) in [5, 5.41) is 2.45. The Hall–Kier alpha value is -1.92. The maximum Gasteiger partial charge on any atom is 0.416 e. The van der Waals surface area contributed by atoms with Crippen molar-refractivity contribution in [3.63, 3.8) is 0 Å². The summed E-state index contributed by atoms with van der Waals surface area (Å²) in [5.74, 6) is 0.0933. The number of hydrogen-bond donors (Lipinski definition) is 1. The lowest BCUT2D eigenvalue weighted by Gasteiger charge is -2.19. The van der Waals surface area contributed by atoms with Crippen LogP contribution in [0.3, 0.4) is 0 Å². The average molecular weight is 305 g/mol. The zero-order valence-electron chi connectivity index (χ0n) is 12.1. The molecular formula is C14H18F3NO3. The standard InChI is InChI=1S/C14H18F3NO3/c1-13(2,3)21-12(19)18-7-8-20-11-6-4-5-10(9-11)14(15,16)17/h4-6,9H,7-8H2,1-3H3,(H,18,19). The third-order valence-electron chi connectivity index (χ3n) is 2.20. The molecule has 0 saturated heterocycles. The number of amides is 1. The quantitative estimate of drug-likeness (QED) is 0.864. The number of rotatable bonds is 4. The molecule has 21 heavy (non-hydrogen) atoms. The summed E-state index contributed by atoms with van der Waals surface area (Å²) in [4.78, 5) is 11.3. The zero-order chi connectivity index (χ0) is 16.1. The van der Waals surface area contributed by atoms with E-state index in [-0.39, 0.29) is 18.9 Å². The molecule has 1 aromatic rings. The molecule has 0 unspecified atom stereocenters. The number of benzene rings is 1. The van der Waals surface area contributed by atoms with Crippen molar-refractivity contribution in [2.24, 2.45) is 0 Å². The molecule has 0 aliphatic carbocycles. The van der Waals surface area contributed by atoms with Crippen molar-refractivity contribution in [1.82, 2.24) is 5.32 Å². The van der Waals surface area contributed by atoms with Crippen molar-refractivity contribution >= 4 is 6.09 Å². The van der Waals surface area contributed by atoms with Gasteiger partial charge in [0.15, 0.2) is 0 Å². The van der Waals surface area contributed by atoms with Crippen molar-refractivity contribution in [1.29, 1.82) is 0 Å². The van der Waals surface area contributed by atoms with Gasteiger partial charge in [0.1, 0.15) is 18.0 Å². The molecule has 1 N–H and O–H groups in total. The van der Waals surface area contributed by atoms with Crippen LogP contribution in [0, 0.1) is 0 Å². The van der Waals surface area contributed by atoms with Crippen molar-refractivity contribution in [2.75, 3.05) is 13.2 Å². The lowest BCUT2D eigenvalue weighted by atomic mass is 10.2. The number of carbonyl (C=O) groups is 1. The molecule has 1 rings (SSSR count). The van der Waals surface area contributed by atoms with Gasteiger partial charge in [-0.1, -0.05) is 6.07 Å². The second-order valence-electron chi connectivity index (χ2n) is 5.30. The van der Waals surface area contributed by atoms with Crippen molar-refractivity contribution in [3.05, 3.63) is 29.8 Å². The van der Waals surface area contributed by atoms with Gasteiger partial charge in [0.05, 0.1) is 12.1 Å². The van der Waals surface area contributed by atoms with Crippen LogP contribution in [0.25, 0.3) is 0 Å². The lowest BCUT2D eigenvalue weighted by molar-refractivity contribution is -0.137. The minimum atomic E-state index is -4.41. The van der Waals surface area contributed by atoms with Crippen LogP contribution in [-0.4, -0.2) is 24.8 Å². The van der Waals surface area contributed by atoms with Crippen LogP contribution in [0.5, 0.6) is 5.75 Å². The maximum absolute atomic E-state index is 12.5. The largest absolute Gasteiger partial charge is 0.492 e. The number of alkyl carbamates (subject to hydrolysis) is 1. The molecule has 0 heterocycles. The van der Waals surface area contributed by atoms with Crippen LogP contribution in [-0.2, 0) is 10.9 Å². The summed E-state index contributed by atoms with van der Waals surface area (Å²) in [5.41, 5.74) is -1.38. The Bertz CT molecular complexity index is 481. The molecule has 0 spiro atoms. The van der Waals surface area contributed by atoms with Crippen molar-refractivity contribution in [2.45, 2.75) is 32.5 Å². The molecule has 0 aliphatic heterocycles. The number of carbonyl (C=O) groups excluding carboxylic acids is 1. The third-order valence-corrected chi connectivity index (χ3v) is 2.20. The highest BCUT2D eigenvalue weighted by Gasteiger charge is 2.30. The Labute approximate surface area is 121 Å². The summed E-state index contributed by atoms with van der Waals surface area (Å²) < 4.78 is 47.6. The average Bonchev–Trinajstić information content (AvgIpc) is 2.32. The molecule has 0 fully saturated rings. The highest BCUT2D eigenvalue weighted by Crippen LogP contribution is 2.31. The van der Waals surface area contributed by atoms with Crippen molar-refractivity contribution < 1.29 is 27.4 Å². The second-order valence-corrected chi connectivity index (χ2v) is 5.30. The number of ether oxygens (including phenoxy) is 2. The normalized spacial score (nSPS) is 11.9. The SMILES string of the molecule is CC(C)(C)OC(=O)NCCOc1cccc(C(F)(F)F)c1. The van der Waals surface area contributed by atoms with Gasteiger partial charge in [-0.25, -0.2) is 4.79 Å². The van der Waals surface area contributed by atoms with E-state index in [1.165, 1.54) is 12.1 Å². The summed E-state index contributed by atoms with van der Waals surface area (Å²) in [7, 11) is 0. The van der Waals surface area contributed by atoms with E-state index in [1.807, 2.05) is 0 Å². The summed E-state index contributed by atoms with van der Waals surface area (Å²) >= 11 is 0. The molecule has 1 amide bonds. The Morgan fingerprint density at radius 1 is 1.24 bits per heavy atom. The Morgan fingerprint density at radius 2 is 1.90 bits per heavy atom. The van der Waals surface area contributed by atoms with Gasteiger partial charge < -0.3 is 14.8 Å². The summed E-state index contributed by atoms with van der Waals surface area (Å²) in [6.45, 7) is 5.36. The first-order valence-electron chi connectivity index (χ1n) is 6.35. The van der Waals surface area contributed by atoms with E-state index in [9.17, 15) is 18.0 Å². The second kappa shape index (κ2) is 6.69. The van der Waals surface area contributed by atoms with Crippen LogP contribution < -0.4 is 10.1 Å². The number of halogens is 3. The molecule has 0 saturated carbocycles. The first-order valence-corrected chi connectivity index (χ1v) is 6.35. The Morgan fingerprint density at radius 3 is 2.48 bits per heavy atom. The van der Waals surface area contributed by atoms with Crippen LogP contribution in [0.2, 0.25) is 0 Å². The number of hydrogen-bond acceptors (Lipinski definition) is 3. The molecule has 0 aromatic heterocycles. The van der Waals surface area contributed by atoms with Gasteiger partial charge in [-0.15, -0.1) is 0 Å². The minimum absolute atomic E-state index is 0.0422. The molecule has 7 heteroatoms. The molecule has 1 aromatic carbocycles. The molecule has 118 valence electrons. The molecule has 4 nitrogen and oxygen atoms in total. The number of nitrogens with one attached hydrogen (secondary N) is 1. The lowest BCUT2D eigenvalue weighted by Crippen LogP contribution is -2.34. The van der Waals surface area contributed by atoms with E-state index >= 15 is 0 Å². The minimum Gasteiger partial charge on any atom is -0.492 e. The Balaban J connectivity index is 2.38. The van der Waals surface area contributed by atoms with E-state index in [4.69, 9.17) is 9.47 Å². The fourth-order valence-electron chi connectivity index (χ4n) is 1.40. The maximum atomic E-state index is 12.5. The Kier molecular flexibility index (Phi) is 5.46. The van der Waals surface area contributed by atoms with E-state index in [0.29, 0.717) is 0 Å². The topological polar surface area (TPSA) is 47.6 Å².